The molecular formula is C17H30N4O3. The molecule has 136 valence electrons. The van der Waals surface area contributed by atoms with Crippen LogP contribution in [0.5, 0.6) is 0 Å². The number of hydrogen-bond donors (Lipinski definition) is 3. The quantitative estimate of drug-likeness (QED) is 0.607. The lowest BCUT2D eigenvalue weighted by Crippen LogP contribution is -2.57. The van der Waals surface area contributed by atoms with Gasteiger partial charge in [0.05, 0.1) is 6.04 Å². The van der Waals surface area contributed by atoms with E-state index in [0.29, 0.717) is 25.4 Å². The van der Waals surface area contributed by atoms with Crippen molar-refractivity contribution in [3.8, 4) is 0 Å². The van der Waals surface area contributed by atoms with Crippen LogP contribution in [0.15, 0.2) is 0 Å². The molecule has 0 aromatic rings. The van der Waals surface area contributed by atoms with Gasteiger partial charge in [0.15, 0.2) is 0 Å². The van der Waals surface area contributed by atoms with E-state index in [1.54, 1.807) is 11.8 Å². The smallest absolute Gasteiger partial charge is 0.246 e. The highest BCUT2D eigenvalue weighted by Crippen LogP contribution is 2.28. The van der Waals surface area contributed by atoms with Crippen molar-refractivity contribution < 1.29 is 14.4 Å². The number of nitrogens with two attached hydrogens (primary N) is 1. The fraction of sp³-hybridized carbons (Fsp3) is 0.824. The zero-order valence-corrected chi connectivity index (χ0v) is 14.9. The Hall–Kier alpha value is -1.63. The topological polar surface area (TPSA) is 105 Å². The van der Waals surface area contributed by atoms with Gasteiger partial charge in [-0.1, -0.05) is 13.8 Å². The van der Waals surface area contributed by atoms with Crippen molar-refractivity contribution in [1.29, 1.82) is 0 Å². The summed E-state index contributed by atoms with van der Waals surface area (Å²) < 4.78 is 0. The summed E-state index contributed by atoms with van der Waals surface area (Å²) in [5.74, 6) is -0.0861. The molecule has 1 saturated heterocycles. The molecule has 3 amide bonds. The molecule has 1 aliphatic heterocycles. The average molecular weight is 338 g/mol. The predicted octanol–water partition coefficient (Wildman–Crippen LogP) is -0.00840. The Morgan fingerprint density at radius 2 is 1.83 bits per heavy atom. The summed E-state index contributed by atoms with van der Waals surface area (Å²) in [7, 11) is 0. The highest BCUT2D eigenvalue weighted by molar-refractivity contribution is 5.93. The van der Waals surface area contributed by atoms with E-state index in [0.717, 1.165) is 6.42 Å². The maximum Gasteiger partial charge on any atom is 0.246 e. The Bertz CT molecular complexity index is 488. The first kappa shape index (κ1) is 18.7. The fourth-order valence-electron chi connectivity index (χ4n) is 2.96. The molecule has 1 aliphatic carbocycles. The summed E-state index contributed by atoms with van der Waals surface area (Å²) in [5, 5.41) is 5.68. The van der Waals surface area contributed by atoms with Crippen LogP contribution >= 0.6 is 0 Å². The van der Waals surface area contributed by atoms with Crippen LogP contribution in [0.3, 0.4) is 0 Å². The van der Waals surface area contributed by atoms with Crippen LogP contribution in [0.25, 0.3) is 0 Å². The molecule has 2 aliphatic rings. The molecule has 0 radical (unpaired) electrons. The zero-order chi connectivity index (χ0) is 17.9. The summed E-state index contributed by atoms with van der Waals surface area (Å²) in [6.45, 7) is 6.59. The number of carbonyl (C=O) groups is 3. The van der Waals surface area contributed by atoms with Crippen molar-refractivity contribution >= 4 is 17.7 Å². The summed E-state index contributed by atoms with van der Waals surface area (Å²) in [6.07, 6.45) is 3.83. The molecule has 3 atom stereocenters. The molecule has 0 aromatic carbocycles. The van der Waals surface area contributed by atoms with Crippen molar-refractivity contribution in [1.82, 2.24) is 15.5 Å². The van der Waals surface area contributed by atoms with E-state index in [2.05, 4.69) is 10.6 Å². The predicted molar refractivity (Wildman–Crippen MR) is 90.9 cm³/mol. The summed E-state index contributed by atoms with van der Waals surface area (Å²) in [5.41, 5.74) is 5.59. The van der Waals surface area contributed by atoms with Crippen LogP contribution in [0, 0.1) is 11.8 Å². The van der Waals surface area contributed by atoms with Crippen LogP contribution in [0.4, 0.5) is 0 Å². The molecule has 4 N–H and O–H groups in total. The Balaban J connectivity index is 2.00. The average Bonchev–Trinajstić information content (AvgIpc) is 3.22. The third-order valence-corrected chi connectivity index (χ3v) is 4.74. The minimum Gasteiger partial charge on any atom is -0.354 e. The van der Waals surface area contributed by atoms with Gasteiger partial charge < -0.3 is 21.3 Å². The van der Waals surface area contributed by atoms with E-state index >= 15 is 0 Å². The number of amides is 3. The second-order valence-corrected chi connectivity index (χ2v) is 7.40. The Morgan fingerprint density at radius 3 is 2.38 bits per heavy atom. The molecule has 2 fully saturated rings. The third-order valence-electron chi connectivity index (χ3n) is 4.74. The molecule has 24 heavy (non-hydrogen) atoms. The first-order chi connectivity index (χ1) is 11.3. The van der Waals surface area contributed by atoms with Gasteiger partial charge in [-0.15, -0.1) is 0 Å². The van der Waals surface area contributed by atoms with Crippen LogP contribution in [0.2, 0.25) is 0 Å². The summed E-state index contributed by atoms with van der Waals surface area (Å²) in [6, 6.07) is -1.75. The molecule has 0 bridgehead atoms. The van der Waals surface area contributed by atoms with Crippen LogP contribution < -0.4 is 16.4 Å². The zero-order valence-electron chi connectivity index (χ0n) is 14.9. The van der Waals surface area contributed by atoms with E-state index in [1.807, 2.05) is 13.8 Å². The van der Waals surface area contributed by atoms with E-state index in [-0.39, 0.29) is 23.6 Å². The number of nitrogens with zero attached hydrogens (tertiary/aromatic N) is 1. The van der Waals surface area contributed by atoms with Gasteiger partial charge in [-0.05, 0) is 44.4 Å². The second-order valence-electron chi connectivity index (χ2n) is 7.40. The van der Waals surface area contributed by atoms with E-state index < -0.39 is 18.1 Å². The maximum absolute atomic E-state index is 12.9. The van der Waals surface area contributed by atoms with Gasteiger partial charge in [0.25, 0.3) is 0 Å². The second kappa shape index (κ2) is 7.96. The number of hydrogen-bond acceptors (Lipinski definition) is 4. The largest absolute Gasteiger partial charge is 0.354 e. The molecule has 0 unspecified atom stereocenters. The number of nitrogens with one attached hydrogen (secondary N) is 2. The molecule has 0 spiro atoms. The van der Waals surface area contributed by atoms with E-state index in [9.17, 15) is 14.4 Å². The SMILES string of the molecule is CC(C)[C@H](NC(=O)[C@H](C)N)C(=O)N1CCC[C@H]1C(=O)NCC1CC1. The molecule has 7 nitrogen and oxygen atoms in total. The van der Waals surface area contributed by atoms with Crippen LogP contribution in [-0.4, -0.2) is 53.8 Å². The molecule has 2 rings (SSSR count). The number of likely N-dealkylation sites (tertiary alicyclic amines) is 1. The molecule has 7 heteroatoms. The number of carbonyl (C=O) groups excluding carboxylic acids is 3. The Labute approximate surface area is 143 Å². The lowest BCUT2D eigenvalue weighted by molar-refractivity contribution is -0.142. The van der Waals surface area contributed by atoms with Crippen molar-refractivity contribution in [3.05, 3.63) is 0 Å². The standard InChI is InChI=1S/C17H30N4O3/c1-10(2)14(20-15(22)11(3)18)17(24)21-8-4-5-13(21)16(23)19-9-12-6-7-12/h10-14H,4-9,18H2,1-3H3,(H,19,23)(H,20,22)/t11-,13-,14-/m0/s1. The van der Waals surface area contributed by atoms with Gasteiger partial charge in [0, 0.05) is 13.1 Å². The van der Waals surface area contributed by atoms with Gasteiger partial charge in [-0.3, -0.25) is 14.4 Å². The Morgan fingerprint density at radius 1 is 1.17 bits per heavy atom. The van der Waals surface area contributed by atoms with Crippen molar-refractivity contribution in [3.63, 3.8) is 0 Å². The first-order valence-electron chi connectivity index (χ1n) is 8.95. The van der Waals surface area contributed by atoms with Crippen molar-refractivity contribution in [2.75, 3.05) is 13.1 Å². The normalized spacial score (nSPS) is 23.0. The van der Waals surface area contributed by atoms with E-state index in [1.165, 1.54) is 12.8 Å². The van der Waals surface area contributed by atoms with Gasteiger partial charge in [0.1, 0.15) is 12.1 Å². The molecular weight excluding hydrogens is 308 g/mol. The van der Waals surface area contributed by atoms with Crippen molar-refractivity contribution in [2.45, 2.75) is 64.6 Å². The van der Waals surface area contributed by atoms with Crippen LogP contribution in [-0.2, 0) is 14.4 Å². The monoisotopic (exact) mass is 338 g/mol. The van der Waals surface area contributed by atoms with Crippen LogP contribution in [0.1, 0.15) is 46.5 Å². The summed E-state index contributed by atoms with van der Waals surface area (Å²) >= 11 is 0. The molecule has 1 heterocycles. The lowest BCUT2D eigenvalue weighted by atomic mass is 10.0. The van der Waals surface area contributed by atoms with Gasteiger partial charge in [0.2, 0.25) is 17.7 Å². The van der Waals surface area contributed by atoms with E-state index in [4.69, 9.17) is 5.73 Å². The third kappa shape index (κ3) is 4.69. The molecule has 0 aromatic heterocycles. The fourth-order valence-corrected chi connectivity index (χ4v) is 2.96. The van der Waals surface area contributed by atoms with Crippen molar-refractivity contribution in [2.24, 2.45) is 17.6 Å². The summed E-state index contributed by atoms with van der Waals surface area (Å²) in [4.78, 5) is 38.8. The van der Waals surface area contributed by atoms with Gasteiger partial charge in [-0.2, -0.15) is 0 Å². The van der Waals surface area contributed by atoms with Gasteiger partial charge >= 0.3 is 0 Å². The first-order valence-corrected chi connectivity index (χ1v) is 8.95. The Kier molecular flexibility index (Phi) is 6.21. The highest BCUT2D eigenvalue weighted by atomic mass is 16.2. The lowest BCUT2D eigenvalue weighted by Gasteiger charge is -2.30. The molecule has 1 saturated carbocycles. The van der Waals surface area contributed by atoms with Gasteiger partial charge in [-0.25, -0.2) is 0 Å². The minimum atomic E-state index is -0.671. The maximum atomic E-state index is 12.9. The highest BCUT2D eigenvalue weighted by Gasteiger charge is 2.39. The minimum absolute atomic E-state index is 0.0732. The number of rotatable bonds is 7.